The Kier molecular flexibility index (Phi) is 4.37. The second-order valence-corrected chi connectivity index (χ2v) is 9.24. The molecule has 0 radical (unpaired) electrons. The van der Waals surface area contributed by atoms with Crippen molar-refractivity contribution < 1.29 is 4.12 Å². The molecule has 5 heteroatoms. The molecule has 0 saturated heterocycles. The topological polar surface area (TPSA) is 9.23 Å². The van der Waals surface area contributed by atoms with Gasteiger partial charge in [-0.25, -0.2) is 0 Å². The summed E-state index contributed by atoms with van der Waals surface area (Å²) in [6, 6.07) is 0.847. The van der Waals surface area contributed by atoms with Gasteiger partial charge in [0.2, 0.25) is 0 Å². The number of halogens is 2. The van der Waals surface area contributed by atoms with E-state index < -0.39 is 6.94 Å². The number of hydrogen-bond acceptors (Lipinski definition) is 1. The van der Waals surface area contributed by atoms with Crippen LogP contribution in [0.1, 0.15) is 13.3 Å². The smallest absolute Gasteiger partial charge is 0.378 e. The minimum Gasteiger partial charge on any atom is -0.443 e. The molecule has 8 heavy (non-hydrogen) atoms. The molecule has 0 aliphatic rings. The Morgan fingerprint density at radius 1 is 1.62 bits per heavy atom. The Hall–Kier alpha value is 0.974. The first-order chi connectivity index (χ1) is 3.62. The van der Waals surface area contributed by atoms with E-state index in [0.717, 1.165) is 12.5 Å². The third-order valence-corrected chi connectivity index (χ3v) is 8.22. The van der Waals surface area contributed by atoms with Crippen LogP contribution in [-0.2, 0) is 4.12 Å². The third-order valence-electron chi connectivity index (χ3n) is 0.840. The van der Waals surface area contributed by atoms with Crippen molar-refractivity contribution in [2.75, 3.05) is 0 Å². The molecule has 0 heterocycles. The van der Waals surface area contributed by atoms with Gasteiger partial charge in [-0.1, -0.05) is 13.3 Å². The van der Waals surface area contributed by atoms with E-state index in [0.29, 0.717) is 10.5 Å². The summed E-state index contributed by atoms with van der Waals surface area (Å²) in [4.78, 5) is 0. The molecule has 50 valence electrons. The van der Waals surface area contributed by atoms with E-state index in [1.807, 2.05) is 6.92 Å². The lowest BCUT2D eigenvalue weighted by molar-refractivity contribution is 0.638. The highest BCUT2D eigenvalue weighted by molar-refractivity contribution is 7.42. The Balaban J connectivity index is 3.37. The Morgan fingerprint density at radius 3 is 2.25 bits per heavy atom. The van der Waals surface area contributed by atoms with Gasteiger partial charge in [0, 0.05) is 0 Å². The van der Waals surface area contributed by atoms with Crippen molar-refractivity contribution in [2.24, 2.45) is 0 Å². The maximum Gasteiger partial charge on any atom is 0.378 e. The summed E-state index contributed by atoms with van der Waals surface area (Å²) < 4.78 is 4.99. The highest BCUT2D eigenvalue weighted by Crippen LogP contribution is 2.21. The maximum atomic E-state index is 5.74. The van der Waals surface area contributed by atoms with Gasteiger partial charge in [0.1, 0.15) is 10.5 Å². The van der Waals surface area contributed by atoms with Crippen LogP contribution >= 0.6 is 22.2 Å². The Morgan fingerprint density at radius 2 is 2.12 bits per heavy atom. The van der Waals surface area contributed by atoms with Crippen molar-refractivity contribution in [2.45, 2.75) is 19.4 Å². The van der Waals surface area contributed by atoms with Gasteiger partial charge in [-0.05, 0) is 6.04 Å². The maximum absolute atomic E-state index is 5.74. The van der Waals surface area contributed by atoms with Crippen molar-refractivity contribution in [3.63, 3.8) is 0 Å². The summed E-state index contributed by atoms with van der Waals surface area (Å²) in [6.45, 7) is -0.122. The molecule has 0 aromatic rings. The zero-order valence-corrected chi connectivity index (χ0v) is 9.59. The van der Waals surface area contributed by atoms with E-state index >= 15 is 0 Å². The first-order valence-electron chi connectivity index (χ1n) is 2.55. The van der Waals surface area contributed by atoms with Crippen LogP contribution in [-0.4, -0.2) is 17.4 Å². The fourth-order valence-electron chi connectivity index (χ4n) is 0.393. The second kappa shape index (κ2) is 3.90. The normalized spacial score (nSPS) is 12.4. The molecular weight excluding hydrogens is 179 g/mol. The van der Waals surface area contributed by atoms with Crippen LogP contribution in [0.3, 0.4) is 0 Å². The molecule has 0 aliphatic heterocycles. The van der Waals surface area contributed by atoms with Gasteiger partial charge in [-0.2, -0.15) is 0 Å². The van der Waals surface area contributed by atoms with Gasteiger partial charge in [0.15, 0.2) is 0 Å². The van der Waals surface area contributed by atoms with Crippen molar-refractivity contribution in [3.05, 3.63) is 0 Å². The van der Waals surface area contributed by atoms with Gasteiger partial charge < -0.3 is 4.12 Å². The third kappa shape index (κ3) is 3.91. The average Bonchev–Trinajstić information content (AvgIpc) is 1.67. The highest BCUT2D eigenvalue weighted by atomic mass is 35.7. The first kappa shape index (κ1) is 8.97. The number of hydrogen-bond donors (Lipinski definition) is 0. The largest absolute Gasteiger partial charge is 0.443 e. The van der Waals surface area contributed by atoms with Crippen molar-refractivity contribution >= 4 is 39.6 Å². The van der Waals surface area contributed by atoms with Gasteiger partial charge >= 0.3 is 6.94 Å². The zero-order chi connectivity index (χ0) is 6.62. The second-order valence-electron chi connectivity index (χ2n) is 1.59. The Labute approximate surface area is 63.4 Å². The van der Waals surface area contributed by atoms with Crippen LogP contribution in [0.15, 0.2) is 0 Å². The standard InChI is InChI=1S/C3H10Cl2OSi2/c1-2-3-8(4,5)6-7/h2-3H2,1,7H3. The molecule has 0 spiro atoms. The summed E-state index contributed by atoms with van der Waals surface area (Å²) in [5, 5.41) is 0. The summed E-state index contributed by atoms with van der Waals surface area (Å²) in [6.07, 6.45) is 1.02. The molecule has 0 saturated carbocycles. The zero-order valence-electron chi connectivity index (χ0n) is 5.08. The first-order valence-corrected chi connectivity index (χ1v) is 7.51. The molecular formula is C3H10Cl2OSi2. The monoisotopic (exact) mass is 188 g/mol. The van der Waals surface area contributed by atoms with Crippen molar-refractivity contribution in [3.8, 4) is 0 Å². The van der Waals surface area contributed by atoms with E-state index in [1.165, 1.54) is 0 Å². The summed E-state index contributed by atoms with van der Waals surface area (Å²) in [7, 11) is 0.659. The molecule has 0 fully saturated rings. The lowest BCUT2D eigenvalue weighted by Crippen LogP contribution is -2.21. The molecule has 0 atom stereocenters. The van der Waals surface area contributed by atoms with E-state index in [-0.39, 0.29) is 0 Å². The number of rotatable bonds is 3. The quantitative estimate of drug-likeness (QED) is 0.477. The van der Waals surface area contributed by atoms with Gasteiger partial charge in [-0.15, -0.1) is 22.2 Å². The fraction of sp³-hybridized carbons (Fsp3) is 1.00. The van der Waals surface area contributed by atoms with Gasteiger partial charge in [0.25, 0.3) is 0 Å². The summed E-state index contributed by atoms with van der Waals surface area (Å²) >= 11 is 11.5. The molecule has 0 aromatic carbocycles. The highest BCUT2D eigenvalue weighted by Gasteiger charge is 2.26. The molecule has 0 bridgehead atoms. The van der Waals surface area contributed by atoms with E-state index in [1.54, 1.807) is 0 Å². The lowest BCUT2D eigenvalue weighted by Gasteiger charge is -2.11. The van der Waals surface area contributed by atoms with Crippen LogP contribution in [0.2, 0.25) is 6.04 Å². The summed E-state index contributed by atoms with van der Waals surface area (Å²) in [5.41, 5.74) is 0. The predicted octanol–water partition coefficient (Wildman–Crippen LogP) is 1.11. The van der Waals surface area contributed by atoms with Crippen LogP contribution < -0.4 is 0 Å². The van der Waals surface area contributed by atoms with Crippen molar-refractivity contribution in [1.82, 2.24) is 0 Å². The Bertz CT molecular complexity index is 68.3. The minimum absolute atomic E-state index is 0.659. The van der Waals surface area contributed by atoms with E-state index in [4.69, 9.17) is 26.3 Å². The SMILES string of the molecule is CCC[Si](Cl)(Cl)O[SiH3]. The van der Waals surface area contributed by atoms with Gasteiger partial charge in [0.05, 0.1) is 0 Å². The van der Waals surface area contributed by atoms with Crippen LogP contribution in [0.25, 0.3) is 0 Å². The molecule has 0 unspecified atom stereocenters. The molecule has 0 aliphatic carbocycles. The molecule has 0 amide bonds. The summed E-state index contributed by atoms with van der Waals surface area (Å²) in [5.74, 6) is 0. The average molecular weight is 189 g/mol. The molecule has 0 rings (SSSR count). The lowest BCUT2D eigenvalue weighted by atomic mass is 10.6. The van der Waals surface area contributed by atoms with Crippen LogP contribution in [0.5, 0.6) is 0 Å². The molecule has 0 N–H and O–H groups in total. The molecule has 0 aromatic heterocycles. The van der Waals surface area contributed by atoms with Crippen molar-refractivity contribution in [1.29, 1.82) is 0 Å². The van der Waals surface area contributed by atoms with Crippen LogP contribution in [0, 0.1) is 0 Å². The van der Waals surface area contributed by atoms with E-state index in [9.17, 15) is 0 Å². The fourth-order valence-corrected chi connectivity index (χ4v) is 2.93. The van der Waals surface area contributed by atoms with Gasteiger partial charge in [-0.3, -0.25) is 0 Å². The van der Waals surface area contributed by atoms with E-state index in [2.05, 4.69) is 0 Å². The predicted molar refractivity (Wildman–Crippen MR) is 43.6 cm³/mol. The minimum atomic E-state index is -2.17. The van der Waals surface area contributed by atoms with Crippen LogP contribution in [0.4, 0.5) is 0 Å². The molecule has 1 nitrogen and oxygen atoms in total.